The monoisotopic (exact) mass is 763 g/mol. The highest BCUT2D eigenvalue weighted by atomic mass is 16.5. The Kier molecular flexibility index (Phi) is 6.90. The maximum atomic E-state index is 6.97. The van der Waals surface area contributed by atoms with Crippen molar-refractivity contribution in [1.82, 2.24) is 15.0 Å². The molecule has 278 valence electrons. The van der Waals surface area contributed by atoms with Crippen molar-refractivity contribution in [3.63, 3.8) is 0 Å². The molecule has 0 bridgehead atoms. The number of pyridine rings is 3. The highest BCUT2D eigenvalue weighted by Gasteiger charge is 2.51. The molecule has 8 aromatic carbocycles. The highest BCUT2D eigenvalue weighted by molar-refractivity contribution is 6.13. The van der Waals surface area contributed by atoms with Crippen LogP contribution in [0.2, 0.25) is 0 Å². The largest absolute Gasteiger partial charge is 0.457 e. The molecule has 60 heavy (non-hydrogen) atoms. The molecule has 2 aliphatic rings. The Hall–Kier alpha value is -7.95. The minimum Gasteiger partial charge on any atom is -0.457 e. The van der Waals surface area contributed by atoms with E-state index in [4.69, 9.17) is 19.7 Å². The van der Waals surface area contributed by atoms with E-state index in [1.165, 1.54) is 22.3 Å². The summed E-state index contributed by atoms with van der Waals surface area (Å²) in [5, 5.41) is 5.34. The fourth-order valence-corrected chi connectivity index (χ4v) is 10.0. The average Bonchev–Trinajstić information content (AvgIpc) is 3.61. The number of aromatic nitrogens is 3. The van der Waals surface area contributed by atoms with E-state index >= 15 is 0 Å². The van der Waals surface area contributed by atoms with E-state index in [0.717, 1.165) is 99.9 Å². The predicted octanol–water partition coefficient (Wildman–Crippen LogP) is 14.0. The second kappa shape index (κ2) is 12.5. The van der Waals surface area contributed by atoms with Crippen LogP contribution in [-0.4, -0.2) is 15.0 Å². The molecule has 0 unspecified atom stereocenters. The first-order valence-corrected chi connectivity index (χ1v) is 20.4. The number of benzene rings is 8. The number of ether oxygens (including phenoxy) is 1. The van der Waals surface area contributed by atoms with Crippen molar-refractivity contribution in [2.24, 2.45) is 0 Å². The molecule has 11 aromatic rings. The Labute approximate surface area is 346 Å². The Morgan fingerprint density at radius 3 is 1.60 bits per heavy atom. The molecule has 4 nitrogen and oxygen atoms in total. The Morgan fingerprint density at radius 2 is 0.917 bits per heavy atom. The van der Waals surface area contributed by atoms with E-state index in [-0.39, 0.29) is 0 Å². The van der Waals surface area contributed by atoms with Crippen LogP contribution in [0.3, 0.4) is 0 Å². The van der Waals surface area contributed by atoms with E-state index in [9.17, 15) is 0 Å². The Bertz CT molecular complexity index is 3530. The number of hydrogen-bond donors (Lipinski definition) is 0. The number of hydrogen-bond acceptors (Lipinski definition) is 4. The van der Waals surface area contributed by atoms with Crippen molar-refractivity contribution in [1.29, 1.82) is 0 Å². The molecular formula is C56H33N3O. The number of rotatable bonds is 3. The number of para-hydroxylation sites is 1. The molecule has 4 heteroatoms. The maximum absolute atomic E-state index is 6.97. The first-order valence-electron chi connectivity index (χ1n) is 20.4. The van der Waals surface area contributed by atoms with Gasteiger partial charge in [0.1, 0.15) is 11.5 Å². The molecule has 4 heterocycles. The summed E-state index contributed by atoms with van der Waals surface area (Å²) in [5.74, 6) is 1.73. The van der Waals surface area contributed by atoms with Crippen LogP contribution in [0.5, 0.6) is 11.5 Å². The average molecular weight is 764 g/mol. The molecular weight excluding hydrogens is 731 g/mol. The highest BCUT2D eigenvalue weighted by Crippen LogP contribution is 2.62. The minimum atomic E-state index is -0.568. The van der Waals surface area contributed by atoms with Crippen LogP contribution in [0.1, 0.15) is 22.3 Å². The summed E-state index contributed by atoms with van der Waals surface area (Å²) in [6.07, 6.45) is 0. The van der Waals surface area contributed by atoms with Gasteiger partial charge in [-0.2, -0.15) is 0 Å². The van der Waals surface area contributed by atoms with Gasteiger partial charge in [0.25, 0.3) is 0 Å². The zero-order chi connectivity index (χ0) is 39.4. The van der Waals surface area contributed by atoms with Crippen molar-refractivity contribution in [2.75, 3.05) is 0 Å². The molecule has 3 aromatic heterocycles. The maximum Gasteiger partial charge on any atom is 0.132 e. The molecule has 0 N–H and O–H groups in total. The lowest BCUT2D eigenvalue weighted by molar-refractivity contribution is 0.437. The van der Waals surface area contributed by atoms with Gasteiger partial charge < -0.3 is 4.74 Å². The first-order chi connectivity index (χ1) is 29.7. The molecule has 0 amide bonds. The van der Waals surface area contributed by atoms with Gasteiger partial charge in [0, 0.05) is 49.4 Å². The standard InChI is InChI=1S/C56H33N3O/c1-3-13-34(14-4-1)48-29-26-36-23-24-37-27-30-49(58-55(37)54(36)57-48)38-25-28-41-42-33-52-47(32-43(42)53(59-50(41)31-38)35-15-5-2-6-16-35)56(46-21-11-12-22-51(46)60-52)44-19-9-7-17-39(44)40-18-8-10-20-45(40)56/h1-33H. The molecule has 0 saturated carbocycles. The summed E-state index contributed by atoms with van der Waals surface area (Å²) >= 11 is 0. The van der Waals surface area contributed by atoms with Crippen molar-refractivity contribution < 1.29 is 4.74 Å². The first kappa shape index (κ1) is 33.1. The minimum absolute atomic E-state index is 0.568. The molecule has 0 radical (unpaired) electrons. The summed E-state index contributed by atoms with van der Waals surface area (Å²) in [4.78, 5) is 16.0. The lowest BCUT2D eigenvalue weighted by atomic mass is 9.65. The van der Waals surface area contributed by atoms with Crippen LogP contribution in [0.25, 0.3) is 88.4 Å². The quantitative estimate of drug-likeness (QED) is 0.168. The van der Waals surface area contributed by atoms with Crippen LogP contribution in [0.15, 0.2) is 200 Å². The van der Waals surface area contributed by atoms with Gasteiger partial charge in [-0.1, -0.05) is 164 Å². The molecule has 0 fully saturated rings. The van der Waals surface area contributed by atoms with Crippen molar-refractivity contribution in [2.45, 2.75) is 5.41 Å². The third-order valence-electron chi connectivity index (χ3n) is 12.7. The predicted molar refractivity (Wildman–Crippen MR) is 244 cm³/mol. The fourth-order valence-electron chi connectivity index (χ4n) is 10.0. The molecule has 0 atom stereocenters. The van der Waals surface area contributed by atoms with Gasteiger partial charge >= 0.3 is 0 Å². The van der Waals surface area contributed by atoms with E-state index in [2.05, 4.69) is 182 Å². The van der Waals surface area contributed by atoms with E-state index in [0.29, 0.717) is 0 Å². The molecule has 1 aliphatic carbocycles. The fraction of sp³-hybridized carbons (Fsp3) is 0.0179. The van der Waals surface area contributed by atoms with E-state index in [1.54, 1.807) is 0 Å². The van der Waals surface area contributed by atoms with Crippen molar-refractivity contribution >= 4 is 43.5 Å². The topological polar surface area (TPSA) is 47.9 Å². The lowest BCUT2D eigenvalue weighted by Gasteiger charge is -2.39. The Balaban J connectivity index is 1.05. The van der Waals surface area contributed by atoms with Crippen LogP contribution < -0.4 is 4.74 Å². The van der Waals surface area contributed by atoms with Crippen LogP contribution in [-0.2, 0) is 5.41 Å². The zero-order valence-electron chi connectivity index (χ0n) is 32.3. The normalized spacial score (nSPS) is 13.3. The lowest BCUT2D eigenvalue weighted by Crippen LogP contribution is -2.32. The molecule has 1 aliphatic heterocycles. The smallest absolute Gasteiger partial charge is 0.132 e. The van der Waals surface area contributed by atoms with Gasteiger partial charge in [-0.15, -0.1) is 0 Å². The summed E-state index contributed by atoms with van der Waals surface area (Å²) in [7, 11) is 0. The van der Waals surface area contributed by atoms with E-state index in [1.807, 2.05) is 18.2 Å². The van der Waals surface area contributed by atoms with Crippen LogP contribution in [0, 0.1) is 0 Å². The second-order valence-electron chi connectivity index (χ2n) is 15.9. The van der Waals surface area contributed by atoms with Crippen LogP contribution >= 0.6 is 0 Å². The number of nitrogens with zero attached hydrogens (tertiary/aromatic N) is 3. The SMILES string of the molecule is c1ccc(-c2ccc3ccc4ccc(-c5ccc6c(c5)nc(-c5ccccc5)c5cc7c(cc56)Oc5ccccc5C75c6ccccc6-c6ccccc65)nc4c3n2)cc1. The third-order valence-corrected chi connectivity index (χ3v) is 12.7. The summed E-state index contributed by atoms with van der Waals surface area (Å²) in [6.45, 7) is 0. The Morgan fingerprint density at radius 1 is 0.350 bits per heavy atom. The summed E-state index contributed by atoms with van der Waals surface area (Å²) in [5.41, 5.74) is 15.3. The van der Waals surface area contributed by atoms with Crippen LogP contribution in [0.4, 0.5) is 0 Å². The summed E-state index contributed by atoms with van der Waals surface area (Å²) < 4.78 is 6.97. The second-order valence-corrected chi connectivity index (χ2v) is 15.9. The van der Waals surface area contributed by atoms with Gasteiger partial charge in [-0.25, -0.2) is 15.0 Å². The van der Waals surface area contributed by atoms with Gasteiger partial charge in [-0.05, 0) is 64.0 Å². The van der Waals surface area contributed by atoms with Crippen molar-refractivity contribution in [3.05, 3.63) is 222 Å². The molecule has 1 spiro atoms. The zero-order valence-corrected chi connectivity index (χ0v) is 32.3. The molecule has 0 saturated heterocycles. The van der Waals surface area contributed by atoms with Gasteiger partial charge in [0.05, 0.1) is 39.0 Å². The van der Waals surface area contributed by atoms with E-state index < -0.39 is 5.41 Å². The summed E-state index contributed by atoms with van der Waals surface area (Å²) in [6, 6.07) is 71.1. The number of fused-ring (bicyclic) bond motifs is 15. The van der Waals surface area contributed by atoms with Crippen molar-refractivity contribution in [3.8, 4) is 56.4 Å². The van der Waals surface area contributed by atoms with Gasteiger partial charge in [0.2, 0.25) is 0 Å². The molecule has 13 rings (SSSR count). The third kappa shape index (κ3) is 4.64. The van der Waals surface area contributed by atoms with Gasteiger partial charge in [-0.3, -0.25) is 0 Å². The van der Waals surface area contributed by atoms with Gasteiger partial charge in [0.15, 0.2) is 0 Å².